The fourth-order valence-corrected chi connectivity index (χ4v) is 5.26. The third kappa shape index (κ3) is 3.91. The van der Waals surface area contributed by atoms with Gasteiger partial charge in [-0.3, -0.25) is 9.69 Å². The predicted octanol–water partition coefficient (Wildman–Crippen LogP) is 5.88. The van der Waals surface area contributed by atoms with E-state index < -0.39 is 0 Å². The number of halogens is 2. The average Bonchev–Trinajstić information content (AvgIpc) is 2.54. The van der Waals surface area contributed by atoms with Gasteiger partial charge >= 0.3 is 0 Å². The highest BCUT2D eigenvalue weighted by Crippen LogP contribution is 2.49. The van der Waals surface area contributed by atoms with Gasteiger partial charge in [-0.15, -0.1) is 0 Å². The maximum absolute atomic E-state index is 13.3. The van der Waals surface area contributed by atoms with Crippen LogP contribution in [0.5, 0.6) is 0 Å². The molecule has 1 unspecified atom stereocenters. The van der Waals surface area contributed by atoms with Crippen LogP contribution < -0.4 is 0 Å². The van der Waals surface area contributed by atoms with Gasteiger partial charge in [0.15, 0.2) is 5.78 Å². The van der Waals surface area contributed by atoms with Crippen molar-refractivity contribution in [2.45, 2.75) is 69.2 Å². The molecule has 3 rings (SSSR count). The summed E-state index contributed by atoms with van der Waals surface area (Å²) in [6.45, 7) is 0. The first-order chi connectivity index (χ1) is 11.9. The number of nitrogens with zero attached hydrogens (tertiary/aromatic N) is 1. The molecule has 2 aliphatic rings. The molecule has 138 valence electrons. The smallest absolute Gasteiger partial charge is 0.151 e. The van der Waals surface area contributed by atoms with Crippen molar-refractivity contribution >= 4 is 29.0 Å². The normalized spacial score (nSPS) is 21.8. The summed E-state index contributed by atoms with van der Waals surface area (Å²) in [4.78, 5) is 15.4. The first-order valence-electron chi connectivity index (χ1n) is 9.59. The van der Waals surface area contributed by atoms with Crippen molar-refractivity contribution in [2.75, 3.05) is 14.1 Å². The second-order valence-electron chi connectivity index (χ2n) is 8.18. The summed E-state index contributed by atoms with van der Waals surface area (Å²) in [5.74, 6) is 0.984. The molecule has 2 aliphatic carbocycles. The third-order valence-electron chi connectivity index (χ3n) is 6.30. The van der Waals surface area contributed by atoms with Crippen molar-refractivity contribution in [1.82, 2.24) is 4.90 Å². The summed E-state index contributed by atoms with van der Waals surface area (Å²) in [7, 11) is 4.09. The van der Waals surface area contributed by atoms with E-state index in [0.717, 1.165) is 19.3 Å². The molecule has 0 aliphatic heterocycles. The van der Waals surface area contributed by atoms with Crippen LogP contribution in [-0.2, 0) is 10.2 Å². The van der Waals surface area contributed by atoms with Gasteiger partial charge in [-0.25, -0.2) is 0 Å². The van der Waals surface area contributed by atoms with E-state index in [1.807, 2.05) is 26.2 Å². The number of hydrogen-bond donors (Lipinski definition) is 0. The highest BCUT2D eigenvalue weighted by Gasteiger charge is 2.49. The largest absolute Gasteiger partial charge is 0.299 e. The molecule has 4 heteroatoms. The lowest BCUT2D eigenvalue weighted by Gasteiger charge is -2.50. The molecule has 2 fully saturated rings. The Bertz CT molecular complexity index is 618. The summed E-state index contributed by atoms with van der Waals surface area (Å²) in [6, 6.07) is 5.85. The van der Waals surface area contributed by atoms with E-state index in [-0.39, 0.29) is 11.5 Å². The molecule has 0 aromatic heterocycles. The Morgan fingerprint density at radius 1 is 1.12 bits per heavy atom. The molecular weight excluding hydrogens is 353 g/mol. The van der Waals surface area contributed by atoms with E-state index >= 15 is 0 Å². The van der Waals surface area contributed by atoms with E-state index in [1.54, 1.807) is 0 Å². The zero-order chi connectivity index (χ0) is 18.0. The second kappa shape index (κ2) is 7.98. The van der Waals surface area contributed by atoms with Gasteiger partial charge in [-0.1, -0.05) is 67.8 Å². The molecule has 1 aromatic carbocycles. The molecule has 0 N–H and O–H groups in total. The van der Waals surface area contributed by atoms with Gasteiger partial charge in [-0.2, -0.15) is 0 Å². The first kappa shape index (κ1) is 19.2. The lowest BCUT2D eigenvalue weighted by Crippen LogP contribution is -2.56. The topological polar surface area (TPSA) is 20.3 Å². The van der Waals surface area contributed by atoms with Crippen LogP contribution >= 0.6 is 23.2 Å². The molecule has 0 bridgehead atoms. The standard InChI is InChI=1S/C21H29Cl2NO/c1-24(2)20(19(25)13-15-7-4-3-5-8-15)21(11-6-12-21)16-9-10-17(22)18(23)14-16/h9-10,14-15,20H,3-8,11-13H2,1-2H3. The van der Waals surface area contributed by atoms with Gasteiger partial charge in [0, 0.05) is 11.8 Å². The van der Waals surface area contributed by atoms with Crippen LogP contribution in [0, 0.1) is 5.92 Å². The Morgan fingerprint density at radius 2 is 1.80 bits per heavy atom. The first-order valence-corrected chi connectivity index (χ1v) is 10.3. The average molecular weight is 382 g/mol. The van der Waals surface area contributed by atoms with E-state index in [2.05, 4.69) is 11.0 Å². The van der Waals surface area contributed by atoms with Crippen molar-refractivity contribution in [1.29, 1.82) is 0 Å². The number of likely N-dealkylation sites (N-methyl/N-ethyl adjacent to an activating group) is 1. The highest BCUT2D eigenvalue weighted by atomic mass is 35.5. The van der Waals surface area contributed by atoms with Crippen LogP contribution in [0.4, 0.5) is 0 Å². The highest BCUT2D eigenvalue weighted by molar-refractivity contribution is 6.42. The zero-order valence-electron chi connectivity index (χ0n) is 15.4. The Hall–Kier alpha value is -0.570. The van der Waals surface area contributed by atoms with Crippen molar-refractivity contribution in [2.24, 2.45) is 5.92 Å². The fraction of sp³-hybridized carbons (Fsp3) is 0.667. The van der Waals surface area contributed by atoms with Gasteiger partial charge in [-0.05, 0) is 50.6 Å². The predicted molar refractivity (Wildman–Crippen MR) is 106 cm³/mol. The molecule has 0 spiro atoms. The van der Waals surface area contributed by atoms with E-state index in [4.69, 9.17) is 23.2 Å². The maximum Gasteiger partial charge on any atom is 0.151 e. The van der Waals surface area contributed by atoms with Crippen LogP contribution in [0.15, 0.2) is 18.2 Å². The van der Waals surface area contributed by atoms with Crippen LogP contribution in [-0.4, -0.2) is 30.8 Å². The van der Waals surface area contributed by atoms with Gasteiger partial charge in [0.1, 0.15) is 0 Å². The summed E-state index contributed by atoms with van der Waals surface area (Å²) in [5.41, 5.74) is 1.06. The van der Waals surface area contributed by atoms with Gasteiger partial charge in [0.2, 0.25) is 0 Å². The quantitative estimate of drug-likeness (QED) is 0.612. The van der Waals surface area contributed by atoms with E-state index in [9.17, 15) is 4.79 Å². The third-order valence-corrected chi connectivity index (χ3v) is 7.04. The van der Waals surface area contributed by atoms with Crippen molar-refractivity contribution in [3.63, 3.8) is 0 Å². The number of ketones is 1. The molecule has 25 heavy (non-hydrogen) atoms. The number of Topliss-reactive ketones (excluding diaryl/α,β-unsaturated/α-hetero) is 1. The number of carbonyl (C=O) groups excluding carboxylic acids is 1. The fourth-order valence-electron chi connectivity index (χ4n) is 4.96. The molecule has 0 heterocycles. The minimum absolute atomic E-state index is 0.0691. The molecule has 1 aromatic rings. The maximum atomic E-state index is 13.3. The minimum Gasteiger partial charge on any atom is -0.299 e. The van der Waals surface area contributed by atoms with Crippen LogP contribution in [0.25, 0.3) is 0 Å². The summed E-state index contributed by atoms with van der Waals surface area (Å²) < 4.78 is 0. The molecule has 0 saturated heterocycles. The summed E-state index contributed by atoms with van der Waals surface area (Å²) in [6.07, 6.45) is 10.3. The molecule has 1 atom stereocenters. The van der Waals surface area contributed by atoms with Crippen LogP contribution in [0.2, 0.25) is 10.0 Å². The van der Waals surface area contributed by atoms with Crippen LogP contribution in [0.1, 0.15) is 63.4 Å². The lowest BCUT2D eigenvalue weighted by atomic mass is 9.58. The number of carbonyl (C=O) groups is 1. The Balaban J connectivity index is 1.86. The van der Waals surface area contributed by atoms with Gasteiger partial charge < -0.3 is 0 Å². The van der Waals surface area contributed by atoms with Crippen LogP contribution in [0.3, 0.4) is 0 Å². The Labute approximate surface area is 161 Å². The van der Waals surface area contributed by atoms with Crippen molar-refractivity contribution < 1.29 is 4.79 Å². The summed E-state index contributed by atoms with van der Waals surface area (Å²) >= 11 is 12.4. The number of benzene rings is 1. The molecule has 0 radical (unpaired) electrons. The van der Waals surface area contributed by atoms with E-state index in [1.165, 1.54) is 44.1 Å². The Kier molecular flexibility index (Phi) is 6.13. The monoisotopic (exact) mass is 381 g/mol. The Morgan fingerprint density at radius 3 is 2.32 bits per heavy atom. The zero-order valence-corrected chi connectivity index (χ0v) is 16.9. The van der Waals surface area contributed by atoms with E-state index in [0.29, 0.717) is 21.7 Å². The number of hydrogen-bond acceptors (Lipinski definition) is 2. The second-order valence-corrected chi connectivity index (χ2v) is 8.99. The summed E-state index contributed by atoms with van der Waals surface area (Å²) in [5, 5.41) is 1.16. The number of rotatable bonds is 6. The molecule has 2 nitrogen and oxygen atoms in total. The lowest BCUT2D eigenvalue weighted by molar-refractivity contribution is -0.128. The van der Waals surface area contributed by atoms with Gasteiger partial charge in [0.25, 0.3) is 0 Å². The minimum atomic E-state index is -0.108. The molecule has 2 saturated carbocycles. The van der Waals surface area contributed by atoms with Crippen molar-refractivity contribution in [3.05, 3.63) is 33.8 Å². The van der Waals surface area contributed by atoms with Gasteiger partial charge in [0.05, 0.1) is 16.1 Å². The SMILES string of the molecule is CN(C)C(C(=O)CC1CCCCC1)C1(c2ccc(Cl)c(Cl)c2)CCC1. The van der Waals surface area contributed by atoms with Crippen molar-refractivity contribution in [3.8, 4) is 0 Å². The molecule has 0 amide bonds. The molecular formula is C21H29Cl2NO.